The number of ether oxygens (including phenoxy) is 2. The Morgan fingerprint density at radius 2 is 2.05 bits per heavy atom. The lowest BCUT2D eigenvalue weighted by Crippen LogP contribution is -2.03. The van der Waals surface area contributed by atoms with Crippen molar-refractivity contribution in [1.82, 2.24) is 0 Å². The number of hydrogen-bond acceptors (Lipinski definition) is 4. The highest BCUT2D eigenvalue weighted by molar-refractivity contribution is 5.89. The van der Waals surface area contributed by atoms with Crippen LogP contribution in [0.4, 0.5) is 10.1 Å². The summed E-state index contributed by atoms with van der Waals surface area (Å²) in [5.41, 5.74) is 6.30. The van der Waals surface area contributed by atoms with Crippen LogP contribution in [0.25, 0.3) is 0 Å². The monoisotopic (exact) mass is 291 g/mol. The summed E-state index contributed by atoms with van der Waals surface area (Å²) < 4.78 is 24.1. The zero-order chi connectivity index (χ0) is 15.4. The molecule has 0 spiro atoms. The molecule has 0 bridgehead atoms. The minimum Gasteiger partial charge on any atom is -0.497 e. The number of carboxylic acid groups (broad SMARTS) is 1. The fourth-order valence-corrected chi connectivity index (χ4v) is 1.74. The first-order valence-corrected chi connectivity index (χ1v) is 6.09. The van der Waals surface area contributed by atoms with Gasteiger partial charge in [0.25, 0.3) is 0 Å². The second-order valence-electron chi connectivity index (χ2n) is 4.30. The summed E-state index contributed by atoms with van der Waals surface area (Å²) in [4.78, 5) is 10.8. The molecule has 0 saturated carbocycles. The van der Waals surface area contributed by atoms with Crippen molar-refractivity contribution in [2.45, 2.75) is 6.61 Å². The average molecular weight is 291 g/mol. The van der Waals surface area contributed by atoms with Crippen molar-refractivity contribution in [1.29, 1.82) is 0 Å². The Bertz CT molecular complexity index is 673. The second-order valence-corrected chi connectivity index (χ2v) is 4.30. The largest absolute Gasteiger partial charge is 0.497 e. The van der Waals surface area contributed by atoms with Crippen molar-refractivity contribution in [2.24, 2.45) is 0 Å². The number of benzene rings is 2. The van der Waals surface area contributed by atoms with Gasteiger partial charge in [-0.15, -0.1) is 0 Å². The van der Waals surface area contributed by atoms with Gasteiger partial charge < -0.3 is 20.3 Å². The van der Waals surface area contributed by atoms with E-state index in [1.54, 1.807) is 12.1 Å². The molecule has 5 nitrogen and oxygen atoms in total. The van der Waals surface area contributed by atoms with E-state index in [2.05, 4.69) is 0 Å². The highest BCUT2D eigenvalue weighted by Gasteiger charge is 2.09. The molecule has 0 radical (unpaired) electrons. The molecule has 2 aromatic carbocycles. The van der Waals surface area contributed by atoms with Gasteiger partial charge in [-0.05, 0) is 30.3 Å². The summed E-state index contributed by atoms with van der Waals surface area (Å²) >= 11 is 0. The van der Waals surface area contributed by atoms with E-state index in [0.717, 1.165) is 0 Å². The van der Waals surface area contributed by atoms with Gasteiger partial charge in [-0.25, -0.2) is 9.18 Å². The van der Waals surface area contributed by atoms with Crippen LogP contribution in [0, 0.1) is 5.82 Å². The summed E-state index contributed by atoms with van der Waals surface area (Å²) in [6.45, 7) is -0.0214. The van der Waals surface area contributed by atoms with Gasteiger partial charge in [0, 0.05) is 11.6 Å². The third kappa shape index (κ3) is 3.42. The molecule has 110 valence electrons. The van der Waals surface area contributed by atoms with Crippen LogP contribution in [-0.4, -0.2) is 18.2 Å². The van der Waals surface area contributed by atoms with Crippen molar-refractivity contribution >= 4 is 11.7 Å². The Hall–Kier alpha value is -2.76. The van der Waals surface area contributed by atoms with Crippen LogP contribution in [0.2, 0.25) is 0 Å². The van der Waals surface area contributed by atoms with Crippen LogP contribution in [0.15, 0.2) is 36.4 Å². The summed E-state index contributed by atoms with van der Waals surface area (Å²) in [6.07, 6.45) is 0. The number of aromatic carboxylic acids is 1. The van der Waals surface area contributed by atoms with Crippen molar-refractivity contribution in [2.75, 3.05) is 12.8 Å². The molecule has 0 unspecified atom stereocenters. The van der Waals surface area contributed by atoms with Gasteiger partial charge in [0.05, 0.1) is 18.4 Å². The number of carboxylic acids is 1. The van der Waals surface area contributed by atoms with E-state index >= 15 is 0 Å². The predicted octanol–water partition coefficient (Wildman–Crippen LogP) is 2.69. The Balaban J connectivity index is 2.11. The SMILES string of the molecule is COc1ccc(COc2ccc(C(=O)O)cc2N)c(F)c1. The molecule has 0 aliphatic rings. The average Bonchev–Trinajstić information content (AvgIpc) is 2.46. The molecule has 0 saturated heterocycles. The number of nitrogen functional groups attached to an aromatic ring is 1. The number of nitrogens with two attached hydrogens (primary N) is 1. The number of methoxy groups -OCH3 is 1. The lowest BCUT2D eigenvalue weighted by atomic mass is 10.2. The molecule has 0 fully saturated rings. The zero-order valence-corrected chi connectivity index (χ0v) is 11.3. The molecular weight excluding hydrogens is 277 g/mol. The van der Waals surface area contributed by atoms with Crippen molar-refractivity contribution in [3.05, 3.63) is 53.3 Å². The lowest BCUT2D eigenvalue weighted by molar-refractivity contribution is 0.0697. The third-order valence-corrected chi connectivity index (χ3v) is 2.90. The van der Waals surface area contributed by atoms with E-state index in [0.29, 0.717) is 17.1 Å². The molecule has 0 amide bonds. The summed E-state index contributed by atoms with van der Waals surface area (Å²) in [5, 5.41) is 8.84. The fraction of sp³-hybridized carbons (Fsp3) is 0.133. The maximum atomic E-state index is 13.7. The van der Waals surface area contributed by atoms with Crippen LogP contribution in [0.1, 0.15) is 15.9 Å². The van der Waals surface area contributed by atoms with Crippen LogP contribution in [0.3, 0.4) is 0 Å². The van der Waals surface area contributed by atoms with Crippen LogP contribution < -0.4 is 15.2 Å². The molecule has 21 heavy (non-hydrogen) atoms. The second kappa shape index (κ2) is 6.13. The number of halogens is 1. The normalized spacial score (nSPS) is 10.2. The van der Waals surface area contributed by atoms with E-state index in [1.165, 1.54) is 31.4 Å². The molecule has 0 aromatic heterocycles. The van der Waals surface area contributed by atoms with Crippen molar-refractivity contribution in [3.8, 4) is 11.5 Å². The zero-order valence-electron chi connectivity index (χ0n) is 11.3. The molecule has 0 heterocycles. The number of rotatable bonds is 5. The molecule has 2 rings (SSSR count). The summed E-state index contributed by atoms with van der Waals surface area (Å²) in [7, 11) is 1.45. The maximum absolute atomic E-state index is 13.7. The Morgan fingerprint density at radius 3 is 2.62 bits per heavy atom. The molecule has 0 aliphatic heterocycles. The minimum atomic E-state index is -1.07. The standard InChI is InChI=1S/C15H14FNO4/c1-20-11-4-2-10(12(16)7-11)8-21-14-5-3-9(15(18)19)6-13(14)17/h2-7H,8,17H2,1H3,(H,18,19). The fourth-order valence-electron chi connectivity index (χ4n) is 1.74. The Kier molecular flexibility index (Phi) is 4.27. The van der Waals surface area contributed by atoms with Gasteiger partial charge >= 0.3 is 5.97 Å². The highest BCUT2D eigenvalue weighted by Crippen LogP contribution is 2.24. The van der Waals surface area contributed by atoms with Gasteiger partial charge in [0.15, 0.2) is 0 Å². The number of anilines is 1. The molecule has 3 N–H and O–H groups in total. The van der Waals surface area contributed by atoms with Crippen molar-refractivity contribution < 1.29 is 23.8 Å². The lowest BCUT2D eigenvalue weighted by Gasteiger charge is -2.10. The van der Waals surface area contributed by atoms with E-state index in [4.69, 9.17) is 20.3 Å². The van der Waals surface area contributed by atoms with Gasteiger partial charge in [0.1, 0.15) is 23.9 Å². The minimum absolute atomic E-state index is 0.0214. The van der Waals surface area contributed by atoms with Crippen LogP contribution >= 0.6 is 0 Å². The van der Waals surface area contributed by atoms with E-state index in [1.807, 2.05) is 0 Å². The highest BCUT2D eigenvalue weighted by atomic mass is 19.1. The first-order valence-electron chi connectivity index (χ1n) is 6.09. The Morgan fingerprint density at radius 1 is 1.29 bits per heavy atom. The maximum Gasteiger partial charge on any atom is 0.335 e. The number of carbonyl (C=O) groups is 1. The van der Waals surface area contributed by atoms with Gasteiger partial charge in [-0.2, -0.15) is 0 Å². The first-order chi connectivity index (χ1) is 10.0. The van der Waals surface area contributed by atoms with E-state index in [-0.39, 0.29) is 17.9 Å². The first kappa shape index (κ1) is 14.6. The molecule has 2 aromatic rings. The molecule has 6 heteroatoms. The van der Waals surface area contributed by atoms with Gasteiger partial charge in [-0.3, -0.25) is 0 Å². The van der Waals surface area contributed by atoms with Crippen molar-refractivity contribution in [3.63, 3.8) is 0 Å². The number of hydrogen-bond donors (Lipinski definition) is 2. The predicted molar refractivity (Wildman–Crippen MR) is 75.1 cm³/mol. The molecule has 0 aliphatic carbocycles. The smallest absolute Gasteiger partial charge is 0.335 e. The van der Waals surface area contributed by atoms with E-state index < -0.39 is 11.8 Å². The quantitative estimate of drug-likeness (QED) is 0.828. The molecular formula is C15H14FNO4. The van der Waals surface area contributed by atoms with E-state index in [9.17, 15) is 9.18 Å². The van der Waals surface area contributed by atoms with Crippen LogP contribution in [0.5, 0.6) is 11.5 Å². The topological polar surface area (TPSA) is 81.8 Å². The van der Waals surface area contributed by atoms with Crippen LogP contribution in [-0.2, 0) is 6.61 Å². The summed E-state index contributed by atoms with van der Waals surface area (Å²) in [6, 6.07) is 8.55. The third-order valence-electron chi connectivity index (χ3n) is 2.90. The Labute approximate surface area is 120 Å². The van der Waals surface area contributed by atoms with Gasteiger partial charge in [-0.1, -0.05) is 0 Å². The van der Waals surface area contributed by atoms with Gasteiger partial charge in [0.2, 0.25) is 0 Å². The summed E-state index contributed by atoms with van der Waals surface area (Å²) in [5.74, 6) is -0.804. The molecule has 0 atom stereocenters.